The van der Waals surface area contributed by atoms with Gasteiger partial charge in [0.05, 0.1) is 17.3 Å². The van der Waals surface area contributed by atoms with Crippen molar-refractivity contribution in [3.8, 4) is 5.69 Å². The number of aromatic nitrogens is 4. The molecular formula is C15H18N6. The average molecular weight is 282 g/mol. The van der Waals surface area contributed by atoms with Gasteiger partial charge >= 0.3 is 0 Å². The van der Waals surface area contributed by atoms with Crippen molar-refractivity contribution >= 4 is 16.9 Å². The Hall–Kier alpha value is -2.47. The highest BCUT2D eigenvalue weighted by molar-refractivity contribution is 5.87. The lowest BCUT2D eigenvalue weighted by Crippen LogP contribution is -2.14. The zero-order valence-corrected chi connectivity index (χ0v) is 12.2. The average Bonchev–Trinajstić information content (AvgIpc) is 2.92. The van der Waals surface area contributed by atoms with E-state index in [0.29, 0.717) is 13.1 Å². The molecule has 108 valence electrons. The topological polar surface area (TPSA) is 81.7 Å². The van der Waals surface area contributed by atoms with Crippen molar-refractivity contribution in [2.45, 2.75) is 13.8 Å². The Morgan fingerprint density at radius 2 is 2.05 bits per heavy atom. The molecule has 0 aliphatic heterocycles. The lowest BCUT2D eigenvalue weighted by molar-refractivity contribution is 0.892. The van der Waals surface area contributed by atoms with Crippen molar-refractivity contribution in [2.24, 2.45) is 5.73 Å². The molecule has 0 amide bonds. The highest BCUT2D eigenvalue weighted by Gasteiger charge is 2.11. The molecule has 3 aromatic rings. The van der Waals surface area contributed by atoms with Crippen LogP contribution < -0.4 is 11.1 Å². The molecule has 1 aromatic carbocycles. The van der Waals surface area contributed by atoms with Gasteiger partial charge in [0, 0.05) is 13.1 Å². The monoisotopic (exact) mass is 282 g/mol. The fourth-order valence-electron chi connectivity index (χ4n) is 2.22. The maximum absolute atomic E-state index is 5.52. The van der Waals surface area contributed by atoms with Crippen LogP contribution >= 0.6 is 0 Å². The Bertz CT molecular complexity index is 777. The van der Waals surface area contributed by atoms with Gasteiger partial charge in [-0.05, 0) is 37.1 Å². The third kappa shape index (κ3) is 2.45. The van der Waals surface area contributed by atoms with Crippen LogP contribution in [0.15, 0.2) is 30.7 Å². The first-order chi connectivity index (χ1) is 10.2. The van der Waals surface area contributed by atoms with Crippen LogP contribution in [0.4, 0.5) is 5.82 Å². The zero-order chi connectivity index (χ0) is 14.8. The number of fused-ring (bicyclic) bond motifs is 1. The molecule has 3 N–H and O–H groups in total. The molecule has 0 saturated carbocycles. The molecule has 0 radical (unpaired) electrons. The normalized spacial score (nSPS) is 11.0. The highest BCUT2D eigenvalue weighted by atomic mass is 15.3. The minimum atomic E-state index is 0.552. The van der Waals surface area contributed by atoms with Crippen molar-refractivity contribution in [1.29, 1.82) is 0 Å². The first kappa shape index (κ1) is 13.5. The van der Waals surface area contributed by atoms with Crippen molar-refractivity contribution in [2.75, 3.05) is 18.4 Å². The van der Waals surface area contributed by atoms with Crippen LogP contribution in [-0.2, 0) is 0 Å². The second kappa shape index (κ2) is 5.49. The number of nitrogens with two attached hydrogens (primary N) is 1. The smallest absolute Gasteiger partial charge is 0.168 e. The number of anilines is 1. The fourth-order valence-corrected chi connectivity index (χ4v) is 2.22. The molecule has 0 aliphatic rings. The van der Waals surface area contributed by atoms with Crippen LogP contribution in [0, 0.1) is 13.8 Å². The van der Waals surface area contributed by atoms with Crippen molar-refractivity contribution in [3.63, 3.8) is 0 Å². The van der Waals surface area contributed by atoms with Crippen molar-refractivity contribution < 1.29 is 0 Å². The Morgan fingerprint density at radius 1 is 1.19 bits per heavy atom. The first-order valence-electron chi connectivity index (χ1n) is 6.91. The molecular weight excluding hydrogens is 264 g/mol. The van der Waals surface area contributed by atoms with Crippen molar-refractivity contribution in [3.05, 3.63) is 41.9 Å². The van der Waals surface area contributed by atoms with E-state index >= 15 is 0 Å². The van der Waals surface area contributed by atoms with Gasteiger partial charge in [0.2, 0.25) is 0 Å². The van der Waals surface area contributed by atoms with E-state index in [0.717, 1.165) is 22.5 Å². The number of rotatable bonds is 4. The number of nitrogens with one attached hydrogen (secondary N) is 1. The van der Waals surface area contributed by atoms with E-state index < -0.39 is 0 Å². The standard InChI is InChI=1S/C15H18N6/c1-10-3-4-12(7-11(10)2)21-15-13(8-20-21)14(17-6-5-16)18-9-19-15/h3-4,7-9H,5-6,16H2,1-2H3,(H,17,18,19). The summed E-state index contributed by atoms with van der Waals surface area (Å²) in [6, 6.07) is 6.24. The number of hydrogen-bond acceptors (Lipinski definition) is 5. The van der Waals surface area contributed by atoms with Gasteiger partial charge in [0.15, 0.2) is 5.65 Å². The van der Waals surface area contributed by atoms with E-state index in [4.69, 9.17) is 5.73 Å². The Morgan fingerprint density at radius 3 is 2.81 bits per heavy atom. The predicted octanol–water partition coefficient (Wildman–Crippen LogP) is 1.80. The molecule has 0 spiro atoms. The van der Waals surface area contributed by atoms with E-state index in [1.165, 1.54) is 11.1 Å². The second-order valence-corrected chi connectivity index (χ2v) is 5.00. The van der Waals surface area contributed by atoms with E-state index in [1.807, 2.05) is 10.7 Å². The van der Waals surface area contributed by atoms with Crippen LogP contribution in [-0.4, -0.2) is 32.8 Å². The van der Waals surface area contributed by atoms with Crippen LogP contribution in [0.25, 0.3) is 16.7 Å². The molecule has 0 saturated heterocycles. The van der Waals surface area contributed by atoms with Gasteiger partial charge in [-0.2, -0.15) is 5.10 Å². The van der Waals surface area contributed by atoms with Gasteiger partial charge in [0.1, 0.15) is 12.1 Å². The van der Waals surface area contributed by atoms with Gasteiger partial charge in [0.25, 0.3) is 0 Å². The first-order valence-corrected chi connectivity index (χ1v) is 6.91. The summed E-state index contributed by atoms with van der Waals surface area (Å²) in [6.07, 6.45) is 3.32. The van der Waals surface area contributed by atoms with Gasteiger partial charge in [-0.1, -0.05) is 6.07 Å². The predicted molar refractivity (Wildman–Crippen MR) is 83.7 cm³/mol. The van der Waals surface area contributed by atoms with Gasteiger partial charge in [-0.3, -0.25) is 0 Å². The van der Waals surface area contributed by atoms with E-state index in [2.05, 4.69) is 46.4 Å². The van der Waals surface area contributed by atoms with Crippen LogP contribution in [0.5, 0.6) is 0 Å². The maximum Gasteiger partial charge on any atom is 0.168 e. The largest absolute Gasteiger partial charge is 0.368 e. The summed E-state index contributed by atoms with van der Waals surface area (Å²) in [4.78, 5) is 8.61. The molecule has 2 heterocycles. The maximum atomic E-state index is 5.52. The quantitative estimate of drug-likeness (QED) is 0.762. The fraction of sp³-hybridized carbons (Fsp3) is 0.267. The summed E-state index contributed by atoms with van der Waals surface area (Å²) >= 11 is 0. The van der Waals surface area contributed by atoms with E-state index in [9.17, 15) is 0 Å². The number of benzene rings is 1. The summed E-state index contributed by atoms with van der Waals surface area (Å²) in [6.45, 7) is 5.41. The molecule has 3 rings (SSSR count). The molecule has 0 atom stereocenters. The summed E-state index contributed by atoms with van der Waals surface area (Å²) in [5.74, 6) is 0.764. The Balaban J connectivity index is 2.09. The van der Waals surface area contributed by atoms with Crippen LogP contribution in [0.3, 0.4) is 0 Å². The summed E-state index contributed by atoms with van der Waals surface area (Å²) < 4.78 is 1.83. The molecule has 0 aliphatic carbocycles. The Kier molecular flexibility index (Phi) is 3.53. The molecule has 6 nitrogen and oxygen atoms in total. The SMILES string of the molecule is Cc1ccc(-n2ncc3c(NCCN)ncnc32)cc1C. The number of aryl methyl sites for hydroxylation is 2. The van der Waals surface area contributed by atoms with Gasteiger partial charge in [-0.15, -0.1) is 0 Å². The summed E-state index contributed by atoms with van der Waals surface area (Å²) in [5.41, 5.74) is 9.79. The second-order valence-electron chi connectivity index (χ2n) is 5.00. The number of hydrogen-bond donors (Lipinski definition) is 2. The minimum absolute atomic E-state index is 0.552. The van der Waals surface area contributed by atoms with Crippen molar-refractivity contribution in [1.82, 2.24) is 19.7 Å². The third-order valence-corrected chi connectivity index (χ3v) is 3.54. The zero-order valence-electron chi connectivity index (χ0n) is 12.2. The molecule has 2 aromatic heterocycles. The van der Waals surface area contributed by atoms with Crippen LogP contribution in [0.2, 0.25) is 0 Å². The highest BCUT2D eigenvalue weighted by Crippen LogP contribution is 2.22. The summed E-state index contributed by atoms with van der Waals surface area (Å²) in [5, 5.41) is 8.53. The molecule has 0 unspecified atom stereocenters. The lowest BCUT2D eigenvalue weighted by Gasteiger charge is -2.07. The van der Waals surface area contributed by atoms with Gasteiger partial charge < -0.3 is 11.1 Å². The minimum Gasteiger partial charge on any atom is -0.368 e. The lowest BCUT2D eigenvalue weighted by atomic mass is 10.1. The molecule has 0 fully saturated rings. The molecule has 6 heteroatoms. The van der Waals surface area contributed by atoms with Gasteiger partial charge in [-0.25, -0.2) is 14.6 Å². The van der Waals surface area contributed by atoms with E-state index in [1.54, 1.807) is 12.5 Å². The molecule has 21 heavy (non-hydrogen) atoms. The third-order valence-electron chi connectivity index (χ3n) is 3.54. The molecule has 0 bridgehead atoms. The van der Waals surface area contributed by atoms with Crippen LogP contribution in [0.1, 0.15) is 11.1 Å². The number of nitrogens with zero attached hydrogens (tertiary/aromatic N) is 4. The summed E-state index contributed by atoms with van der Waals surface area (Å²) in [7, 11) is 0. The van der Waals surface area contributed by atoms with E-state index in [-0.39, 0.29) is 0 Å². The Labute approximate surface area is 123 Å².